The van der Waals surface area contributed by atoms with Crippen molar-refractivity contribution in [3.05, 3.63) is 36.4 Å². The maximum atomic E-state index is 5.84. The van der Waals surface area contributed by atoms with Crippen molar-refractivity contribution in [2.75, 3.05) is 13.7 Å². The van der Waals surface area contributed by atoms with Gasteiger partial charge in [-0.05, 0) is 12.5 Å². The van der Waals surface area contributed by atoms with Gasteiger partial charge in [0.25, 0.3) is 0 Å². The average molecular weight is 234 g/mol. The Balaban J connectivity index is 2.02. The Hall–Kier alpha value is -1.32. The summed E-state index contributed by atoms with van der Waals surface area (Å²) in [6.07, 6.45) is 3.48. The summed E-state index contributed by atoms with van der Waals surface area (Å²) in [4.78, 5) is 0. The first-order chi connectivity index (χ1) is 8.33. The Morgan fingerprint density at radius 2 is 2.24 bits per heavy atom. The summed E-state index contributed by atoms with van der Waals surface area (Å²) in [5.41, 5.74) is 0.982. The van der Waals surface area contributed by atoms with Crippen LogP contribution in [0.1, 0.15) is 18.4 Å². The smallest absolute Gasteiger partial charge is 0.202 e. The van der Waals surface area contributed by atoms with Crippen LogP contribution < -0.4 is 4.74 Å². The number of methoxy groups -OCH3 is 1. The van der Waals surface area contributed by atoms with Gasteiger partial charge in [0.1, 0.15) is 5.75 Å². The third-order valence-corrected chi connectivity index (χ3v) is 2.93. The van der Waals surface area contributed by atoms with Crippen LogP contribution in [0.25, 0.3) is 6.08 Å². The molecule has 2 unspecified atom stereocenters. The van der Waals surface area contributed by atoms with Gasteiger partial charge < -0.3 is 14.2 Å². The highest BCUT2D eigenvalue weighted by Gasteiger charge is 2.24. The Morgan fingerprint density at radius 1 is 1.41 bits per heavy atom. The van der Waals surface area contributed by atoms with Gasteiger partial charge in [-0.3, -0.25) is 0 Å². The molecule has 1 aromatic carbocycles. The van der Waals surface area contributed by atoms with Gasteiger partial charge in [-0.1, -0.05) is 30.9 Å². The second-order valence-corrected chi connectivity index (χ2v) is 4.04. The van der Waals surface area contributed by atoms with E-state index in [0.717, 1.165) is 24.2 Å². The quantitative estimate of drug-likeness (QED) is 0.801. The molecule has 3 heteroatoms. The van der Waals surface area contributed by atoms with Crippen molar-refractivity contribution in [3.63, 3.8) is 0 Å². The van der Waals surface area contributed by atoms with Crippen molar-refractivity contribution in [3.8, 4) is 5.75 Å². The van der Waals surface area contributed by atoms with Crippen molar-refractivity contribution < 1.29 is 14.2 Å². The lowest BCUT2D eigenvalue weighted by Gasteiger charge is -2.29. The zero-order valence-corrected chi connectivity index (χ0v) is 10.1. The topological polar surface area (TPSA) is 27.7 Å². The van der Waals surface area contributed by atoms with Crippen LogP contribution in [0.3, 0.4) is 0 Å². The highest BCUT2D eigenvalue weighted by Crippen LogP contribution is 2.24. The fourth-order valence-electron chi connectivity index (χ4n) is 1.93. The molecule has 0 amide bonds. The second kappa shape index (κ2) is 5.84. The summed E-state index contributed by atoms with van der Waals surface area (Å²) >= 11 is 0. The molecule has 1 aliphatic heterocycles. The first-order valence-corrected chi connectivity index (χ1v) is 5.86. The van der Waals surface area contributed by atoms with E-state index < -0.39 is 0 Å². The molecule has 17 heavy (non-hydrogen) atoms. The normalized spacial score (nSPS) is 24.3. The van der Waals surface area contributed by atoms with Gasteiger partial charge in [0.2, 0.25) is 6.29 Å². The molecule has 0 radical (unpaired) electrons. The molecule has 0 bridgehead atoms. The van der Waals surface area contributed by atoms with Crippen LogP contribution in [0.2, 0.25) is 0 Å². The Morgan fingerprint density at radius 3 is 3.00 bits per heavy atom. The molecule has 0 aliphatic carbocycles. The minimum Gasteiger partial charge on any atom is -0.464 e. The zero-order chi connectivity index (χ0) is 12.1. The maximum Gasteiger partial charge on any atom is 0.202 e. The third-order valence-electron chi connectivity index (χ3n) is 2.93. The molecule has 2 atom stereocenters. The van der Waals surface area contributed by atoms with E-state index in [2.05, 4.69) is 6.58 Å². The highest BCUT2D eigenvalue weighted by atomic mass is 16.7. The molecule has 92 valence electrons. The Kier molecular flexibility index (Phi) is 4.18. The van der Waals surface area contributed by atoms with Crippen molar-refractivity contribution in [1.82, 2.24) is 0 Å². The SMILES string of the molecule is C=Cc1ccccc1OC1CC(OC)CCO1. The number of hydrogen-bond acceptors (Lipinski definition) is 3. The zero-order valence-electron chi connectivity index (χ0n) is 10.1. The van der Waals surface area contributed by atoms with Gasteiger partial charge in [0, 0.05) is 19.1 Å². The van der Waals surface area contributed by atoms with E-state index in [-0.39, 0.29) is 12.4 Å². The Labute approximate surface area is 102 Å². The fraction of sp³-hybridized carbons (Fsp3) is 0.429. The summed E-state index contributed by atoms with van der Waals surface area (Å²) in [6.45, 7) is 4.45. The largest absolute Gasteiger partial charge is 0.464 e. The van der Waals surface area contributed by atoms with Crippen molar-refractivity contribution in [2.24, 2.45) is 0 Å². The number of hydrogen-bond donors (Lipinski definition) is 0. The standard InChI is InChI=1S/C14H18O3/c1-3-11-6-4-5-7-13(11)17-14-10-12(15-2)8-9-16-14/h3-7,12,14H,1,8-10H2,2H3. The fourth-order valence-corrected chi connectivity index (χ4v) is 1.93. The number of para-hydroxylation sites is 1. The predicted molar refractivity (Wildman–Crippen MR) is 66.9 cm³/mol. The molecule has 2 rings (SSSR count). The summed E-state index contributed by atoms with van der Waals surface area (Å²) in [5, 5.41) is 0. The monoisotopic (exact) mass is 234 g/mol. The highest BCUT2D eigenvalue weighted by molar-refractivity contribution is 5.55. The van der Waals surface area contributed by atoms with Crippen molar-refractivity contribution >= 4 is 6.08 Å². The molecule has 1 fully saturated rings. The van der Waals surface area contributed by atoms with Crippen molar-refractivity contribution in [1.29, 1.82) is 0 Å². The van der Waals surface area contributed by atoms with Crippen LogP contribution in [0.5, 0.6) is 5.75 Å². The summed E-state index contributed by atoms with van der Waals surface area (Å²) in [5.74, 6) is 0.809. The lowest BCUT2D eigenvalue weighted by atomic mass is 10.1. The number of benzene rings is 1. The molecule has 0 N–H and O–H groups in total. The summed E-state index contributed by atoms with van der Waals surface area (Å²) in [7, 11) is 1.73. The van der Waals surface area contributed by atoms with Gasteiger partial charge in [0.15, 0.2) is 0 Å². The van der Waals surface area contributed by atoms with Gasteiger partial charge in [0.05, 0.1) is 12.7 Å². The molecular weight excluding hydrogens is 216 g/mol. The lowest BCUT2D eigenvalue weighted by molar-refractivity contribution is -0.143. The summed E-state index contributed by atoms with van der Waals surface area (Å²) in [6, 6.07) is 7.80. The van der Waals surface area contributed by atoms with Crippen LogP contribution in [-0.2, 0) is 9.47 Å². The Bertz CT molecular complexity index is 375. The minimum absolute atomic E-state index is 0.227. The molecule has 1 aromatic rings. The van der Waals surface area contributed by atoms with Crippen molar-refractivity contribution in [2.45, 2.75) is 25.2 Å². The molecule has 0 aromatic heterocycles. The van der Waals surface area contributed by atoms with E-state index in [1.807, 2.05) is 24.3 Å². The molecule has 0 saturated carbocycles. The van der Waals surface area contributed by atoms with Gasteiger partial charge in [-0.15, -0.1) is 0 Å². The molecule has 1 aliphatic rings. The average Bonchev–Trinajstić information content (AvgIpc) is 2.39. The summed E-state index contributed by atoms with van der Waals surface area (Å²) < 4.78 is 16.7. The lowest BCUT2D eigenvalue weighted by Crippen LogP contribution is -2.34. The third kappa shape index (κ3) is 3.08. The predicted octanol–water partition coefficient (Wildman–Crippen LogP) is 2.86. The van der Waals surface area contributed by atoms with E-state index in [9.17, 15) is 0 Å². The van der Waals surface area contributed by atoms with Crippen LogP contribution in [0.15, 0.2) is 30.8 Å². The van der Waals surface area contributed by atoms with E-state index in [1.54, 1.807) is 13.2 Å². The molecule has 0 spiro atoms. The van der Waals surface area contributed by atoms with Crippen LogP contribution in [0, 0.1) is 0 Å². The first-order valence-electron chi connectivity index (χ1n) is 5.86. The second-order valence-electron chi connectivity index (χ2n) is 4.04. The first kappa shape index (κ1) is 12.1. The molecule has 1 heterocycles. The minimum atomic E-state index is -0.227. The van der Waals surface area contributed by atoms with Crippen LogP contribution in [0.4, 0.5) is 0 Å². The van der Waals surface area contributed by atoms with Crippen LogP contribution in [-0.4, -0.2) is 26.1 Å². The molecule has 1 saturated heterocycles. The van der Waals surface area contributed by atoms with Gasteiger partial charge in [-0.25, -0.2) is 0 Å². The van der Waals surface area contributed by atoms with E-state index in [4.69, 9.17) is 14.2 Å². The van der Waals surface area contributed by atoms with Gasteiger partial charge in [-0.2, -0.15) is 0 Å². The van der Waals surface area contributed by atoms with E-state index in [0.29, 0.717) is 6.61 Å². The van der Waals surface area contributed by atoms with E-state index >= 15 is 0 Å². The number of ether oxygens (including phenoxy) is 3. The van der Waals surface area contributed by atoms with E-state index in [1.165, 1.54) is 0 Å². The molecule has 3 nitrogen and oxygen atoms in total. The maximum absolute atomic E-state index is 5.84. The molecular formula is C14H18O3. The van der Waals surface area contributed by atoms with Crippen LogP contribution >= 0.6 is 0 Å². The number of rotatable bonds is 4. The van der Waals surface area contributed by atoms with Gasteiger partial charge >= 0.3 is 0 Å².